The van der Waals surface area contributed by atoms with Gasteiger partial charge in [0, 0.05) is 15.0 Å². The first-order valence-electron chi connectivity index (χ1n) is 7.58. The molecule has 1 nitrogen and oxygen atoms in total. The van der Waals surface area contributed by atoms with Crippen LogP contribution in [0.1, 0.15) is 0 Å². The Morgan fingerprint density at radius 1 is 0.652 bits per heavy atom. The second kappa shape index (κ2) is 6.19. The summed E-state index contributed by atoms with van der Waals surface area (Å²) in [6.07, 6.45) is 0. The summed E-state index contributed by atoms with van der Waals surface area (Å²) in [5, 5.41) is 2.21. The molecule has 0 amide bonds. The molecule has 0 radical (unpaired) electrons. The minimum atomic E-state index is 0.980. The number of rotatable bonds is 2. The Hall–Kier alpha value is -2.71. The van der Waals surface area contributed by atoms with E-state index in [0.717, 1.165) is 11.0 Å². The highest BCUT2D eigenvalue weighted by Crippen LogP contribution is 2.28. The first-order chi connectivity index (χ1) is 11.4. The molecule has 1 aromatic heterocycles. The van der Waals surface area contributed by atoms with Crippen LogP contribution in [0.15, 0.2) is 96.0 Å². The zero-order chi connectivity index (χ0) is 15.5. The van der Waals surface area contributed by atoms with Crippen LogP contribution in [0.4, 0.5) is 5.69 Å². The van der Waals surface area contributed by atoms with E-state index in [0.29, 0.717) is 0 Å². The molecule has 4 aromatic rings. The second-order valence-corrected chi connectivity index (χ2v) is 6.39. The maximum absolute atomic E-state index is 4.86. The van der Waals surface area contributed by atoms with Crippen molar-refractivity contribution in [3.8, 4) is 10.4 Å². The Balaban J connectivity index is 2.01. The topological polar surface area (TPSA) is 12.4 Å². The van der Waals surface area contributed by atoms with Gasteiger partial charge in [-0.2, -0.15) is 0 Å². The van der Waals surface area contributed by atoms with Crippen LogP contribution in [0, 0.1) is 0 Å². The average Bonchev–Trinajstić information content (AvgIpc) is 2.63. The largest absolute Gasteiger partial charge is 0.248 e. The van der Waals surface area contributed by atoms with Crippen molar-refractivity contribution in [3.63, 3.8) is 0 Å². The highest BCUT2D eigenvalue weighted by Gasteiger charge is 2.03. The smallest absolute Gasteiger partial charge is 0.0737 e. The molecule has 3 aromatic carbocycles. The molecule has 0 saturated carbocycles. The Bertz CT molecular complexity index is 1000. The molecule has 0 saturated heterocycles. The van der Waals surface area contributed by atoms with Crippen molar-refractivity contribution < 1.29 is 0 Å². The van der Waals surface area contributed by atoms with E-state index in [9.17, 15) is 0 Å². The van der Waals surface area contributed by atoms with Crippen LogP contribution >= 0.6 is 11.3 Å². The summed E-state index contributed by atoms with van der Waals surface area (Å²) in [6, 6.07) is 31.3. The molecule has 0 bridgehead atoms. The standard InChI is InChI=1S/C21H15NS/c1-3-9-16(10-4-1)21-15-19(22-17-11-5-2-6-12-17)18-13-7-8-14-20(18)23-21/h1-15H. The lowest BCUT2D eigenvalue weighted by Gasteiger charge is -2.04. The predicted octanol–water partition coefficient (Wildman–Crippen LogP) is 5.80. The van der Waals surface area contributed by atoms with Gasteiger partial charge in [-0.15, -0.1) is 11.3 Å². The molecule has 0 aliphatic carbocycles. The van der Waals surface area contributed by atoms with Crippen molar-refractivity contribution in [3.05, 3.63) is 96.4 Å². The van der Waals surface area contributed by atoms with Gasteiger partial charge in [0.15, 0.2) is 0 Å². The fourth-order valence-electron chi connectivity index (χ4n) is 2.60. The van der Waals surface area contributed by atoms with Gasteiger partial charge in [0.1, 0.15) is 0 Å². The molecular formula is C21H15NS. The monoisotopic (exact) mass is 313 g/mol. The lowest BCUT2D eigenvalue weighted by molar-refractivity contribution is 1.38. The van der Waals surface area contributed by atoms with E-state index in [4.69, 9.17) is 4.99 Å². The highest BCUT2D eigenvalue weighted by molar-refractivity contribution is 7.21. The average molecular weight is 313 g/mol. The van der Waals surface area contributed by atoms with Crippen LogP contribution in [0.25, 0.3) is 20.5 Å². The minimum absolute atomic E-state index is 0.980. The summed E-state index contributed by atoms with van der Waals surface area (Å²) in [6.45, 7) is 0. The van der Waals surface area contributed by atoms with Crippen molar-refractivity contribution in [1.29, 1.82) is 0 Å². The molecule has 0 unspecified atom stereocenters. The highest BCUT2D eigenvalue weighted by atomic mass is 32.1. The van der Waals surface area contributed by atoms with Crippen LogP contribution in [0.2, 0.25) is 0 Å². The zero-order valence-corrected chi connectivity index (χ0v) is 13.3. The van der Waals surface area contributed by atoms with E-state index >= 15 is 0 Å². The number of nitrogens with zero attached hydrogens (tertiary/aromatic N) is 1. The zero-order valence-electron chi connectivity index (χ0n) is 12.5. The van der Waals surface area contributed by atoms with Crippen molar-refractivity contribution >= 4 is 27.1 Å². The molecule has 4 rings (SSSR count). The molecule has 2 heteroatoms. The molecule has 0 atom stereocenters. The van der Waals surface area contributed by atoms with E-state index in [-0.39, 0.29) is 0 Å². The van der Waals surface area contributed by atoms with Crippen LogP contribution < -0.4 is 5.36 Å². The third-order valence-corrected chi connectivity index (χ3v) is 4.86. The van der Waals surface area contributed by atoms with Gasteiger partial charge in [-0.05, 0) is 29.8 Å². The molecule has 0 N–H and O–H groups in total. The van der Waals surface area contributed by atoms with E-state index in [1.807, 2.05) is 36.4 Å². The Labute approximate surface area is 139 Å². The van der Waals surface area contributed by atoms with E-state index in [1.54, 1.807) is 11.3 Å². The minimum Gasteiger partial charge on any atom is -0.248 e. The summed E-state index contributed by atoms with van der Waals surface area (Å²) in [4.78, 5) is 6.10. The van der Waals surface area contributed by atoms with E-state index in [2.05, 4.69) is 54.6 Å². The molecule has 1 heterocycles. The SMILES string of the molecule is c1ccc(N=c2cc(-c3ccccc3)sc3ccccc23)cc1. The van der Waals surface area contributed by atoms with Gasteiger partial charge in [0.25, 0.3) is 0 Å². The number of para-hydroxylation sites is 1. The predicted molar refractivity (Wildman–Crippen MR) is 98.9 cm³/mol. The van der Waals surface area contributed by atoms with Gasteiger partial charge >= 0.3 is 0 Å². The fourth-order valence-corrected chi connectivity index (χ4v) is 3.69. The molecule has 0 aliphatic heterocycles. The van der Waals surface area contributed by atoms with Crippen LogP contribution in [0.3, 0.4) is 0 Å². The third kappa shape index (κ3) is 2.94. The number of hydrogen-bond acceptors (Lipinski definition) is 2. The van der Waals surface area contributed by atoms with Crippen molar-refractivity contribution in [2.75, 3.05) is 0 Å². The number of hydrogen-bond donors (Lipinski definition) is 0. The maximum Gasteiger partial charge on any atom is 0.0737 e. The van der Waals surface area contributed by atoms with Gasteiger partial charge in [-0.1, -0.05) is 66.7 Å². The van der Waals surface area contributed by atoms with Gasteiger partial charge < -0.3 is 0 Å². The summed E-state index contributed by atoms with van der Waals surface area (Å²) in [5.41, 5.74) is 2.21. The molecular weight excluding hydrogens is 298 g/mol. The molecule has 23 heavy (non-hydrogen) atoms. The molecule has 110 valence electrons. The van der Waals surface area contributed by atoms with E-state index in [1.165, 1.54) is 20.5 Å². The van der Waals surface area contributed by atoms with Crippen LogP contribution in [-0.4, -0.2) is 0 Å². The number of fused-ring (bicyclic) bond motifs is 1. The second-order valence-electron chi connectivity index (χ2n) is 5.31. The molecule has 0 aliphatic rings. The summed E-state index contributed by atoms with van der Waals surface area (Å²) >= 11 is 1.80. The first kappa shape index (κ1) is 13.9. The summed E-state index contributed by atoms with van der Waals surface area (Å²) in [5.74, 6) is 0. The summed E-state index contributed by atoms with van der Waals surface area (Å²) in [7, 11) is 0. The Kier molecular flexibility index (Phi) is 3.75. The van der Waals surface area contributed by atoms with Gasteiger partial charge in [0.05, 0.1) is 11.0 Å². The Morgan fingerprint density at radius 2 is 1.30 bits per heavy atom. The lowest BCUT2D eigenvalue weighted by Crippen LogP contribution is -2.01. The Morgan fingerprint density at radius 3 is 2.09 bits per heavy atom. The fraction of sp³-hybridized carbons (Fsp3) is 0. The van der Waals surface area contributed by atoms with Crippen molar-refractivity contribution in [1.82, 2.24) is 0 Å². The third-order valence-electron chi connectivity index (χ3n) is 3.71. The quantitative estimate of drug-likeness (QED) is 0.443. The lowest BCUT2D eigenvalue weighted by atomic mass is 10.1. The van der Waals surface area contributed by atoms with Crippen LogP contribution in [-0.2, 0) is 0 Å². The normalized spacial score (nSPS) is 11.7. The van der Waals surface area contributed by atoms with Gasteiger partial charge in [-0.25, -0.2) is 4.99 Å². The molecule has 0 spiro atoms. The van der Waals surface area contributed by atoms with Gasteiger partial charge in [-0.3, -0.25) is 0 Å². The van der Waals surface area contributed by atoms with E-state index < -0.39 is 0 Å². The van der Waals surface area contributed by atoms with Crippen molar-refractivity contribution in [2.24, 2.45) is 4.99 Å². The maximum atomic E-state index is 4.86. The molecule has 0 fully saturated rings. The van der Waals surface area contributed by atoms with Gasteiger partial charge in [0.2, 0.25) is 0 Å². The van der Waals surface area contributed by atoms with Crippen LogP contribution in [0.5, 0.6) is 0 Å². The summed E-state index contributed by atoms with van der Waals surface area (Å²) < 4.78 is 1.25. The first-order valence-corrected chi connectivity index (χ1v) is 8.40. The van der Waals surface area contributed by atoms with Crippen molar-refractivity contribution in [2.45, 2.75) is 0 Å². The number of benzene rings is 3.